The minimum absolute atomic E-state index is 0.203. The molecule has 2 aliphatic carbocycles. The summed E-state index contributed by atoms with van der Waals surface area (Å²) in [6.45, 7) is 6.62. The van der Waals surface area contributed by atoms with Gasteiger partial charge in [-0.15, -0.1) is 0 Å². The quantitative estimate of drug-likeness (QED) is 0.347. The lowest BCUT2D eigenvalue weighted by molar-refractivity contribution is 0.0512. The summed E-state index contributed by atoms with van der Waals surface area (Å²) in [6, 6.07) is 10.2. The van der Waals surface area contributed by atoms with Crippen molar-refractivity contribution in [1.82, 2.24) is 9.47 Å². The van der Waals surface area contributed by atoms with Crippen molar-refractivity contribution in [1.29, 1.82) is 0 Å². The van der Waals surface area contributed by atoms with Gasteiger partial charge in [0.1, 0.15) is 5.69 Å². The number of carbonyl (C=O) groups is 1. The molecule has 1 aromatic carbocycles. The molecule has 1 aromatic heterocycles. The molecule has 1 aliphatic heterocycles. The average Bonchev–Trinajstić information content (AvgIpc) is 3.11. The van der Waals surface area contributed by atoms with Gasteiger partial charge in [0.25, 0.3) is 0 Å². The van der Waals surface area contributed by atoms with Gasteiger partial charge in [-0.05, 0) is 63.9 Å². The van der Waals surface area contributed by atoms with Crippen LogP contribution in [-0.2, 0) is 15.0 Å². The molecular weight excluding hydrogens is 388 g/mol. The molecule has 2 fully saturated rings. The van der Waals surface area contributed by atoms with Crippen LogP contribution in [0.1, 0.15) is 49.5 Å². The Hall–Kier alpha value is -2.53. The summed E-state index contributed by atoms with van der Waals surface area (Å²) in [5, 5.41) is 1.07. The summed E-state index contributed by atoms with van der Waals surface area (Å²) in [5.41, 5.74) is 1.52. The van der Waals surface area contributed by atoms with Crippen molar-refractivity contribution in [2.75, 3.05) is 32.8 Å². The SMILES string of the molecule is CCOC(=O)c1cc2ccccc2n1C12C=CCC(OCCCN3CCCC3)=CC1C2. The fourth-order valence-corrected chi connectivity index (χ4v) is 5.25. The highest BCUT2D eigenvalue weighted by Crippen LogP contribution is 2.56. The minimum Gasteiger partial charge on any atom is -0.498 e. The number of benzene rings is 1. The van der Waals surface area contributed by atoms with E-state index in [-0.39, 0.29) is 11.5 Å². The topological polar surface area (TPSA) is 43.7 Å². The Labute approximate surface area is 184 Å². The summed E-state index contributed by atoms with van der Waals surface area (Å²) in [5.74, 6) is 1.15. The van der Waals surface area contributed by atoms with Gasteiger partial charge in [-0.2, -0.15) is 0 Å². The third-order valence-electron chi connectivity index (χ3n) is 6.86. The molecule has 2 aromatic rings. The molecule has 2 heterocycles. The summed E-state index contributed by atoms with van der Waals surface area (Å²) < 4.78 is 13.8. The maximum atomic E-state index is 12.8. The van der Waals surface area contributed by atoms with Crippen LogP contribution in [0.5, 0.6) is 0 Å². The number of rotatable bonds is 8. The van der Waals surface area contributed by atoms with Gasteiger partial charge in [-0.3, -0.25) is 0 Å². The number of aromatic nitrogens is 1. The minimum atomic E-state index is -0.251. The number of carbonyl (C=O) groups excluding carboxylic acids is 1. The van der Waals surface area contributed by atoms with Gasteiger partial charge < -0.3 is 18.9 Å². The number of nitrogens with zero attached hydrogens (tertiary/aromatic N) is 2. The van der Waals surface area contributed by atoms with Crippen molar-refractivity contribution in [3.8, 4) is 0 Å². The lowest BCUT2D eigenvalue weighted by Crippen LogP contribution is -2.22. The van der Waals surface area contributed by atoms with Crippen LogP contribution in [-0.4, -0.2) is 48.3 Å². The molecular formula is C26H32N2O3. The van der Waals surface area contributed by atoms with Crippen LogP contribution in [0, 0.1) is 5.92 Å². The molecule has 0 bridgehead atoms. The third-order valence-corrected chi connectivity index (χ3v) is 6.86. The van der Waals surface area contributed by atoms with Gasteiger partial charge in [-0.1, -0.05) is 30.4 Å². The standard InChI is InChI=1S/C26H32N2O3/c1-2-30-25(29)24-17-20-9-3-4-11-23(20)28(24)26-12-7-10-22(18-21(26)19-26)31-16-8-15-27-13-5-6-14-27/h3-4,7,9,11-12,17-18,21H,2,5-6,8,10,13-16,19H2,1H3. The summed E-state index contributed by atoms with van der Waals surface area (Å²) >= 11 is 0. The zero-order chi connectivity index (χ0) is 21.3. The highest BCUT2D eigenvalue weighted by molar-refractivity contribution is 5.96. The number of ether oxygens (including phenoxy) is 2. The molecule has 0 N–H and O–H groups in total. The van der Waals surface area contributed by atoms with E-state index < -0.39 is 0 Å². The van der Waals surface area contributed by atoms with Gasteiger partial charge in [0.2, 0.25) is 0 Å². The van der Waals surface area contributed by atoms with E-state index in [2.05, 4.69) is 39.8 Å². The van der Waals surface area contributed by atoms with Gasteiger partial charge in [0.05, 0.1) is 24.5 Å². The predicted molar refractivity (Wildman–Crippen MR) is 122 cm³/mol. The Bertz CT molecular complexity index is 1010. The molecule has 31 heavy (non-hydrogen) atoms. The Balaban J connectivity index is 1.34. The van der Waals surface area contributed by atoms with Crippen molar-refractivity contribution >= 4 is 16.9 Å². The van der Waals surface area contributed by atoms with E-state index in [9.17, 15) is 4.79 Å². The van der Waals surface area contributed by atoms with E-state index >= 15 is 0 Å². The van der Waals surface area contributed by atoms with Crippen molar-refractivity contribution < 1.29 is 14.3 Å². The highest BCUT2D eigenvalue weighted by Gasteiger charge is 2.55. The van der Waals surface area contributed by atoms with Gasteiger partial charge in [0.15, 0.2) is 0 Å². The molecule has 5 rings (SSSR count). The maximum absolute atomic E-state index is 12.8. The Kier molecular flexibility index (Phi) is 5.61. The first-order valence-electron chi connectivity index (χ1n) is 11.7. The number of allylic oxidation sites excluding steroid dienone is 3. The molecule has 1 saturated heterocycles. The fraction of sp³-hybridized carbons (Fsp3) is 0.500. The first-order valence-corrected chi connectivity index (χ1v) is 11.7. The smallest absolute Gasteiger partial charge is 0.355 e. The maximum Gasteiger partial charge on any atom is 0.355 e. The van der Waals surface area contributed by atoms with Crippen LogP contribution < -0.4 is 0 Å². The second kappa shape index (κ2) is 8.54. The van der Waals surface area contributed by atoms with E-state index in [4.69, 9.17) is 9.47 Å². The van der Waals surface area contributed by atoms with E-state index in [1.54, 1.807) is 0 Å². The number of fused-ring (bicyclic) bond motifs is 2. The number of hydrogen-bond donors (Lipinski definition) is 0. The zero-order valence-electron chi connectivity index (χ0n) is 18.4. The van der Waals surface area contributed by atoms with Crippen LogP contribution in [0.4, 0.5) is 0 Å². The van der Waals surface area contributed by atoms with E-state index in [0.717, 1.165) is 49.1 Å². The van der Waals surface area contributed by atoms with Crippen molar-refractivity contribution in [2.24, 2.45) is 5.92 Å². The summed E-state index contributed by atoms with van der Waals surface area (Å²) in [6.07, 6.45) is 12.3. The van der Waals surface area contributed by atoms with Gasteiger partial charge in [0, 0.05) is 29.8 Å². The first-order chi connectivity index (χ1) is 15.2. The molecule has 1 saturated carbocycles. The Morgan fingerprint density at radius 3 is 2.90 bits per heavy atom. The Morgan fingerprint density at radius 1 is 1.23 bits per heavy atom. The number of hydrogen-bond acceptors (Lipinski definition) is 4. The van der Waals surface area contributed by atoms with Crippen LogP contribution in [0.2, 0.25) is 0 Å². The van der Waals surface area contributed by atoms with Crippen LogP contribution in [0.3, 0.4) is 0 Å². The molecule has 2 atom stereocenters. The lowest BCUT2D eigenvalue weighted by atomic mass is 10.1. The number of para-hydroxylation sites is 1. The normalized spacial score (nSPS) is 25.2. The molecule has 2 unspecified atom stereocenters. The predicted octanol–water partition coefficient (Wildman–Crippen LogP) is 4.88. The van der Waals surface area contributed by atoms with Crippen molar-refractivity contribution in [3.63, 3.8) is 0 Å². The highest BCUT2D eigenvalue weighted by atomic mass is 16.5. The third kappa shape index (κ3) is 3.91. The monoisotopic (exact) mass is 420 g/mol. The van der Waals surface area contributed by atoms with Crippen LogP contribution in [0.15, 0.2) is 54.3 Å². The molecule has 5 heteroatoms. The van der Waals surface area contributed by atoms with Gasteiger partial charge in [-0.25, -0.2) is 4.79 Å². The van der Waals surface area contributed by atoms with Crippen LogP contribution in [0.25, 0.3) is 10.9 Å². The lowest BCUT2D eigenvalue weighted by Gasteiger charge is -2.19. The molecule has 0 amide bonds. The fourth-order valence-electron chi connectivity index (χ4n) is 5.25. The van der Waals surface area contributed by atoms with E-state index in [1.807, 2.05) is 25.1 Å². The second-order valence-electron chi connectivity index (χ2n) is 8.94. The molecule has 164 valence electrons. The number of likely N-dealkylation sites (tertiary alicyclic amines) is 1. The van der Waals surface area contributed by atoms with Gasteiger partial charge >= 0.3 is 5.97 Å². The molecule has 5 nitrogen and oxygen atoms in total. The summed E-state index contributed by atoms with van der Waals surface area (Å²) in [4.78, 5) is 15.3. The Morgan fingerprint density at radius 2 is 2.06 bits per heavy atom. The molecule has 0 radical (unpaired) electrons. The van der Waals surface area contributed by atoms with E-state index in [1.165, 1.54) is 25.9 Å². The molecule has 3 aliphatic rings. The van der Waals surface area contributed by atoms with Crippen molar-refractivity contribution in [2.45, 2.75) is 44.6 Å². The molecule has 0 spiro atoms. The first kappa shape index (κ1) is 20.4. The number of esters is 1. The van der Waals surface area contributed by atoms with Crippen LogP contribution >= 0.6 is 0 Å². The zero-order valence-corrected chi connectivity index (χ0v) is 18.4. The summed E-state index contributed by atoms with van der Waals surface area (Å²) in [7, 11) is 0. The average molecular weight is 421 g/mol. The largest absolute Gasteiger partial charge is 0.498 e. The van der Waals surface area contributed by atoms with E-state index in [0.29, 0.717) is 18.2 Å². The second-order valence-corrected chi connectivity index (χ2v) is 8.94. The van der Waals surface area contributed by atoms with Crippen molar-refractivity contribution in [3.05, 3.63) is 60.0 Å².